The molecule has 3 aromatic heterocycles. The lowest BCUT2D eigenvalue weighted by Crippen LogP contribution is -2.05. The summed E-state index contributed by atoms with van der Waals surface area (Å²) in [6, 6.07) is 62.4. The van der Waals surface area contributed by atoms with Crippen LogP contribution in [0.5, 0.6) is 0 Å². The first-order valence-corrected chi connectivity index (χ1v) is 19.3. The summed E-state index contributed by atoms with van der Waals surface area (Å²) in [5.74, 6) is 1.93. The van der Waals surface area contributed by atoms with Gasteiger partial charge in [-0.05, 0) is 57.9 Å². The average Bonchev–Trinajstić information content (AvgIpc) is 3.77. The normalized spacial score (nSPS) is 12.3. The molecule has 11 aromatic rings. The van der Waals surface area contributed by atoms with Crippen LogP contribution in [0.15, 0.2) is 186 Å². The van der Waals surface area contributed by atoms with Gasteiger partial charge in [-0.25, -0.2) is 15.0 Å². The number of aromatic nitrogens is 5. The molecule has 6 heteroatoms. The van der Waals surface area contributed by atoms with Gasteiger partial charge in [0.15, 0.2) is 17.5 Å². The standard InChI is InChI=1S/C49H29N5S/c1-2-17-33(18-3-1)53-41-29-32(27-28-38(41)44-39-23-12-26-43-45(39)54(49(44)53)40-24-8-9-25-42(40)55-43)46-50-47(36-21-10-15-30-13-4-6-19-34(30)36)52-48(51-46)37-22-11-16-31-14-5-7-20-35(31)37/h1-29H. The fourth-order valence-electron chi connectivity index (χ4n) is 8.54. The average molecular weight is 720 g/mol. The minimum absolute atomic E-state index is 0.631. The molecule has 0 bridgehead atoms. The molecule has 0 radical (unpaired) electrons. The lowest BCUT2D eigenvalue weighted by molar-refractivity contribution is 1.03. The third kappa shape index (κ3) is 4.52. The molecule has 0 unspecified atom stereocenters. The Hall–Kier alpha value is -7.02. The Morgan fingerprint density at radius 2 is 1.00 bits per heavy atom. The predicted molar refractivity (Wildman–Crippen MR) is 226 cm³/mol. The highest BCUT2D eigenvalue weighted by atomic mass is 32.2. The maximum absolute atomic E-state index is 5.28. The number of hydrogen-bond acceptors (Lipinski definition) is 4. The van der Waals surface area contributed by atoms with Crippen molar-refractivity contribution < 1.29 is 0 Å². The van der Waals surface area contributed by atoms with Gasteiger partial charge < -0.3 is 0 Å². The molecule has 0 saturated carbocycles. The monoisotopic (exact) mass is 719 g/mol. The maximum atomic E-state index is 5.28. The molecule has 8 aromatic carbocycles. The Morgan fingerprint density at radius 3 is 1.75 bits per heavy atom. The summed E-state index contributed by atoms with van der Waals surface area (Å²) in [6.07, 6.45) is 0. The van der Waals surface area contributed by atoms with Crippen LogP contribution in [0.25, 0.3) is 99.9 Å². The largest absolute Gasteiger partial charge is 0.295 e. The fourth-order valence-corrected chi connectivity index (χ4v) is 9.63. The minimum Gasteiger partial charge on any atom is -0.295 e. The van der Waals surface area contributed by atoms with Gasteiger partial charge >= 0.3 is 0 Å². The molecule has 55 heavy (non-hydrogen) atoms. The topological polar surface area (TPSA) is 48.5 Å². The predicted octanol–water partition coefficient (Wildman–Crippen LogP) is 12.7. The second kappa shape index (κ2) is 11.7. The first kappa shape index (κ1) is 30.4. The summed E-state index contributed by atoms with van der Waals surface area (Å²) in [5, 5.41) is 8.17. The summed E-state index contributed by atoms with van der Waals surface area (Å²) in [4.78, 5) is 18.3. The van der Waals surface area contributed by atoms with Crippen LogP contribution in [-0.4, -0.2) is 24.1 Å². The molecule has 0 saturated heterocycles. The number of para-hydroxylation sites is 3. The highest BCUT2D eigenvalue weighted by Gasteiger charge is 2.28. The highest BCUT2D eigenvalue weighted by molar-refractivity contribution is 7.99. The molecule has 4 heterocycles. The molecular formula is C49H29N5S. The van der Waals surface area contributed by atoms with Crippen molar-refractivity contribution in [3.63, 3.8) is 0 Å². The van der Waals surface area contributed by atoms with E-state index in [-0.39, 0.29) is 0 Å². The van der Waals surface area contributed by atoms with E-state index in [1.54, 1.807) is 0 Å². The molecule has 0 spiro atoms. The van der Waals surface area contributed by atoms with Gasteiger partial charge in [-0.15, -0.1) is 0 Å². The lowest BCUT2D eigenvalue weighted by Gasteiger charge is -2.21. The molecule has 256 valence electrons. The van der Waals surface area contributed by atoms with Crippen LogP contribution in [0.2, 0.25) is 0 Å². The summed E-state index contributed by atoms with van der Waals surface area (Å²) in [6.45, 7) is 0. The smallest absolute Gasteiger partial charge is 0.164 e. The van der Waals surface area contributed by atoms with Crippen LogP contribution in [0.1, 0.15) is 0 Å². The zero-order valence-electron chi connectivity index (χ0n) is 29.4. The first-order valence-electron chi connectivity index (χ1n) is 18.5. The van der Waals surface area contributed by atoms with Crippen molar-refractivity contribution in [3.8, 4) is 45.5 Å². The Bertz CT molecular complexity index is 3250. The van der Waals surface area contributed by atoms with Gasteiger partial charge in [-0.2, -0.15) is 0 Å². The van der Waals surface area contributed by atoms with Crippen LogP contribution in [0, 0.1) is 0 Å². The lowest BCUT2D eigenvalue weighted by atomic mass is 10.0. The van der Waals surface area contributed by atoms with Crippen LogP contribution < -0.4 is 0 Å². The first-order chi connectivity index (χ1) is 27.3. The number of nitrogens with zero attached hydrogens (tertiary/aromatic N) is 5. The molecule has 1 aliphatic rings. The zero-order valence-corrected chi connectivity index (χ0v) is 30.2. The van der Waals surface area contributed by atoms with Gasteiger partial charge in [0.05, 0.1) is 16.7 Å². The summed E-state index contributed by atoms with van der Waals surface area (Å²) < 4.78 is 4.89. The maximum Gasteiger partial charge on any atom is 0.164 e. The molecule has 12 rings (SSSR count). The Labute approximate surface area is 320 Å². The van der Waals surface area contributed by atoms with Crippen LogP contribution in [0.3, 0.4) is 0 Å². The van der Waals surface area contributed by atoms with Crippen molar-refractivity contribution in [2.24, 2.45) is 0 Å². The number of rotatable bonds is 4. The molecule has 0 amide bonds. The Morgan fingerprint density at radius 1 is 0.418 bits per heavy atom. The summed E-state index contributed by atoms with van der Waals surface area (Å²) in [5.41, 5.74) is 8.67. The minimum atomic E-state index is 0.631. The summed E-state index contributed by atoms with van der Waals surface area (Å²) >= 11 is 1.85. The number of hydrogen-bond donors (Lipinski definition) is 0. The van der Waals surface area contributed by atoms with E-state index >= 15 is 0 Å². The third-order valence-corrected chi connectivity index (χ3v) is 12.1. The van der Waals surface area contributed by atoms with Crippen LogP contribution in [0.4, 0.5) is 0 Å². The van der Waals surface area contributed by atoms with Crippen molar-refractivity contribution in [3.05, 3.63) is 176 Å². The van der Waals surface area contributed by atoms with E-state index < -0.39 is 0 Å². The van der Waals surface area contributed by atoms with Crippen molar-refractivity contribution in [2.75, 3.05) is 0 Å². The fraction of sp³-hybridized carbons (Fsp3) is 0. The highest BCUT2D eigenvalue weighted by Crippen LogP contribution is 2.49. The van der Waals surface area contributed by atoms with E-state index in [1.807, 2.05) is 11.8 Å². The number of fused-ring (bicyclic) bond motifs is 9. The Balaban J connectivity index is 1.17. The van der Waals surface area contributed by atoms with E-state index in [2.05, 4.69) is 185 Å². The van der Waals surface area contributed by atoms with E-state index in [9.17, 15) is 0 Å². The molecule has 1 aliphatic heterocycles. The van der Waals surface area contributed by atoms with Crippen LogP contribution in [-0.2, 0) is 0 Å². The van der Waals surface area contributed by atoms with E-state index in [0.29, 0.717) is 17.5 Å². The number of benzene rings is 8. The molecule has 0 atom stereocenters. The van der Waals surface area contributed by atoms with Crippen molar-refractivity contribution in [1.82, 2.24) is 24.1 Å². The van der Waals surface area contributed by atoms with Gasteiger partial charge in [0.1, 0.15) is 5.65 Å². The second-order valence-electron chi connectivity index (χ2n) is 14.0. The van der Waals surface area contributed by atoms with Crippen molar-refractivity contribution in [1.29, 1.82) is 0 Å². The molecular weight excluding hydrogens is 691 g/mol. The zero-order chi connectivity index (χ0) is 36.0. The second-order valence-corrected chi connectivity index (χ2v) is 15.1. The van der Waals surface area contributed by atoms with Crippen molar-refractivity contribution in [2.45, 2.75) is 9.79 Å². The van der Waals surface area contributed by atoms with Gasteiger partial charge in [-0.1, -0.05) is 151 Å². The SMILES string of the molecule is c1ccc(-n2c3cc(-c4nc(-c5cccc6ccccc56)nc(-c5cccc6ccccc56)n4)ccc3c3c4cccc5c4n(c32)-c2ccccc2S5)cc1. The third-order valence-electron chi connectivity index (χ3n) is 10.9. The summed E-state index contributed by atoms with van der Waals surface area (Å²) in [7, 11) is 0. The van der Waals surface area contributed by atoms with Crippen molar-refractivity contribution >= 4 is 66.1 Å². The van der Waals surface area contributed by atoms with E-state index in [4.69, 9.17) is 15.0 Å². The van der Waals surface area contributed by atoms with Crippen LogP contribution >= 0.6 is 11.8 Å². The molecule has 5 nitrogen and oxygen atoms in total. The quantitative estimate of drug-likeness (QED) is 0.182. The molecule has 0 fully saturated rings. The molecule has 0 aliphatic carbocycles. The van der Waals surface area contributed by atoms with Gasteiger partial charge in [0.25, 0.3) is 0 Å². The van der Waals surface area contributed by atoms with Gasteiger partial charge in [0.2, 0.25) is 0 Å². The molecule has 0 N–H and O–H groups in total. The van der Waals surface area contributed by atoms with Gasteiger partial charge in [0, 0.05) is 48.3 Å². The van der Waals surface area contributed by atoms with E-state index in [1.165, 1.54) is 37.2 Å². The Kier molecular flexibility index (Phi) is 6.50. The van der Waals surface area contributed by atoms with Gasteiger partial charge in [-0.3, -0.25) is 9.13 Å². The van der Waals surface area contributed by atoms with E-state index in [0.717, 1.165) is 55.1 Å².